The molecule has 0 bridgehead atoms. The van der Waals surface area contributed by atoms with Crippen LogP contribution in [0.4, 0.5) is 0 Å². The first-order valence-electron chi connectivity index (χ1n) is 11.6. The third-order valence-corrected chi connectivity index (χ3v) is 6.64. The van der Waals surface area contributed by atoms with Crippen LogP contribution in [0.25, 0.3) is 55.5 Å². The molecule has 7 heteroatoms. The second-order valence-corrected chi connectivity index (χ2v) is 9.13. The summed E-state index contributed by atoms with van der Waals surface area (Å²) in [5, 5.41) is 7.60. The largest absolute Gasteiger partial charge is 0.337 e. The quantitative estimate of drug-likeness (QED) is 0.275. The summed E-state index contributed by atoms with van der Waals surface area (Å²) in [5.41, 5.74) is 7.40. The molecule has 7 rings (SSSR count). The summed E-state index contributed by atoms with van der Waals surface area (Å²) >= 11 is 6.18. The zero-order valence-electron chi connectivity index (χ0n) is 19.1. The highest BCUT2D eigenvalue weighted by Gasteiger charge is 2.20. The summed E-state index contributed by atoms with van der Waals surface area (Å²) in [6.07, 6.45) is 5.64. The van der Waals surface area contributed by atoms with Gasteiger partial charge in [0.05, 0.1) is 34.2 Å². The van der Waals surface area contributed by atoms with E-state index < -0.39 is 0 Å². The lowest BCUT2D eigenvalue weighted by atomic mass is 10.1. The summed E-state index contributed by atoms with van der Waals surface area (Å²) < 4.78 is 1.96. The molecular formula is C29H19ClN6. The van der Waals surface area contributed by atoms with Crippen molar-refractivity contribution in [2.45, 2.75) is 6.54 Å². The average molecular weight is 487 g/mol. The molecule has 0 saturated heterocycles. The van der Waals surface area contributed by atoms with E-state index in [0.717, 1.165) is 55.5 Å². The Labute approximate surface area is 211 Å². The van der Waals surface area contributed by atoms with E-state index in [-0.39, 0.29) is 0 Å². The molecule has 0 spiro atoms. The molecule has 1 N–H and O–H groups in total. The number of nitrogens with one attached hydrogen (secondary N) is 1. The van der Waals surface area contributed by atoms with Gasteiger partial charge >= 0.3 is 0 Å². The number of imidazole rings is 1. The molecule has 7 aromatic rings. The first-order chi connectivity index (χ1) is 17.7. The minimum absolute atomic E-state index is 0.654. The van der Waals surface area contributed by atoms with Crippen LogP contribution in [0.15, 0.2) is 97.5 Å². The zero-order chi connectivity index (χ0) is 24.1. The number of benzene rings is 3. The van der Waals surface area contributed by atoms with Gasteiger partial charge in [-0.3, -0.25) is 14.6 Å². The molecule has 4 aromatic heterocycles. The average Bonchev–Trinajstić information content (AvgIpc) is 3.55. The maximum atomic E-state index is 6.18. The summed E-state index contributed by atoms with van der Waals surface area (Å²) in [6, 6.07) is 26.0. The normalized spacial score (nSPS) is 11.6. The third kappa shape index (κ3) is 3.42. The predicted octanol–water partition coefficient (Wildman–Crippen LogP) is 6.89. The molecule has 0 aliphatic heterocycles. The van der Waals surface area contributed by atoms with Gasteiger partial charge in [0.15, 0.2) is 0 Å². The lowest BCUT2D eigenvalue weighted by Crippen LogP contribution is -1.99. The smallest absolute Gasteiger partial charge is 0.142 e. The Morgan fingerprint density at radius 2 is 1.47 bits per heavy atom. The number of aromatic nitrogens is 6. The minimum Gasteiger partial charge on any atom is -0.337 e. The molecular weight excluding hydrogens is 468 g/mol. The Morgan fingerprint density at radius 3 is 2.25 bits per heavy atom. The summed E-state index contributed by atoms with van der Waals surface area (Å²) in [7, 11) is 0. The number of nitrogens with zero attached hydrogens (tertiary/aromatic N) is 5. The maximum Gasteiger partial charge on any atom is 0.142 e. The van der Waals surface area contributed by atoms with Crippen LogP contribution in [0.3, 0.4) is 0 Å². The Balaban J connectivity index is 1.47. The first kappa shape index (κ1) is 20.8. The van der Waals surface area contributed by atoms with E-state index in [2.05, 4.69) is 39.3 Å². The number of hydrogen-bond donors (Lipinski definition) is 1. The molecule has 0 amide bonds. The molecule has 36 heavy (non-hydrogen) atoms. The Kier molecular flexibility index (Phi) is 4.79. The van der Waals surface area contributed by atoms with E-state index in [0.29, 0.717) is 11.6 Å². The van der Waals surface area contributed by atoms with Crippen molar-refractivity contribution in [2.75, 3.05) is 0 Å². The lowest BCUT2D eigenvalue weighted by Gasteiger charge is -2.03. The predicted molar refractivity (Wildman–Crippen MR) is 144 cm³/mol. The van der Waals surface area contributed by atoms with E-state index >= 15 is 0 Å². The monoisotopic (exact) mass is 486 g/mol. The number of rotatable bonds is 4. The molecule has 3 aromatic carbocycles. The van der Waals surface area contributed by atoms with Crippen LogP contribution in [0.5, 0.6) is 0 Å². The van der Waals surface area contributed by atoms with Gasteiger partial charge in [-0.25, -0.2) is 4.98 Å². The van der Waals surface area contributed by atoms with E-state index in [1.807, 2.05) is 65.3 Å². The number of H-pyrrole nitrogens is 1. The molecule has 0 fully saturated rings. The van der Waals surface area contributed by atoms with Gasteiger partial charge in [-0.05, 0) is 42.0 Å². The topological polar surface area (TPSA) is 72.3 Å². The third-order valence-electron chi connectivity index (χ3n) is 6.39. The van der Waals surface area contributed by atoms with Crippen molar-refractivity contribution in [2.24, 2.45) is 0 Å². The Morgan fingerprint density at radius 1 is 0.750 bits per heavy atom. The molecule has 0 unspecified atom stereocenters. The summed E-state index contributed by atoms with van der Waals surface area (Å²) in [6.45, 7) is 0.654. The number of pyridine rings is 2. The van der Waals surface area contributed by atoms with Crippen molar-refractivity contribution in [1.82, 2.24) is 29.7 Å². The fourth-order valence-electron chi connectivity index (χ4n) is 4.74. The molecule has 0 aliphatic rings. The highest BCUT2D eigenvalue weighted by atomic mass is 35.5. The lowest BCUT2D eigenvalue weighted by molar-refractivity contribution is 0.689. The number of fused-ring (bicyclic) bond motifs is 6. The fraction of sp³-hybridized carbons (Fsp3) is 0.0345. The van der Waals surface area contributed by atoms with Crippen LogP contribution in [-0.2, 0) is 6.54 Å². The van der Waals surface area contributed by atoms with Crippen LogP contribution < -0.4 is 0 Å². The van der Waals surface area contributed by atoms with Crippen LogP contribution in [0, 0.1) is 0 Å². The summed E-state index contributed by atoms with van der Waals surface area (Å²) in [4.78, 5) is 17.9. The second kappa shape index (κ2) is 8.29. The number of aromatic amines is 1. The van der Waals surface area contributed by atoms with E-state index in [4.69, 9.17) is 21.7 Å². The van der Waals surface area contributed by atoms with Gasteiger partial charge in [0.2, 0.25) is 0 Å². The molecule has 0 radical (unpaired) electrons. The molecule has 0 aliphatic carbocycles. The van der Waals surface area contributed by atoms with Gasteiger partial charge in [-0.1, -0.05) is 54.1 Å². The van der Waals surface area contributed by atoms with Crippen molar-refractivity contribution in [3.8, 4) is 22.6 Å². The highest BCUT2D eigenvalue weighted by Crippen LogP contribution is 2.36. The molecule has 172 valence electrons. The molecule has 0 saturated carbocycles. The second-order valence-electron chi connectivity index (χ2n) is 8.69. The maximum absolute atomic E-state index is 6.18. The van der Waals surface area contributed by atoms with Crippen molar-refractivity contribution in [3.05, 3.63) is 108 Å². The zero-order valence-corrected chi connectivity index (χ0v) is 19.8. The van der Waals surface area contributed by atoms with Gasteiger partial charge in [-0.15, -0.1) is 0 Å². The van der Waals surface area contributed by atoms with Gasteiger partial charge in [0, 0.05) is 39.9 Å². The molecule has 6 nitrogen and oxygen atoms in total. The van der Waals surface area contributed by atoms with Crippen LogP contribution in [0.1, 0.15) is 5.56 Å². The van der Waals surface area contributed by atoms with E-state index in [1.165, 1.54) is 5.56 Å². The van der Waals surface area contributed by atoms with Crippen molar-refractivity contribution < 1.29 is 0 Å². The van der Waals surface area contributed by atoms with Gasteiger partial charge in [0.1, 0.15) is 11.5 Å². The van der Waals surface area contributed by atoms with Crippen LogP contribution in [0.2, 0.25) is 5.02 Å². The number of halogens is 1. The SMILES string of the molecule is Clc1ccc(-c2nn(Cc3ccccc3)cc2-c2nc3c4cccnc4c4ncccc4c3[nH]2)cc1. The molecule has 4 heterocycles. The van der Waals surface area contributed by atoms with Crippen LogP contribution in [-0.4, -0.2) is 29.7 Å². The van der Waals surface area contributed by atoms with E-state index in [1.54, 1.807) is 12.4 Å². The summed E-state index contributed by atoms with van der Waals surface area (Å²) in [5.74, 6) is 0.746. The standard InChI is InChI=1S/C29H19ClN6/c30-20-12-10-19(11-13-20)24-23(17-36(35-24)16-18-6-2-1-3-7-18)29-33-27-21-8-4-14-31-25(21)26-22(28(27)34-29)9-5-15-32-26/h1-15,17H,16H2,(H,33,34). The minimum atomic E-state index is 0.654. The van der Waals surface area contributed by atoms with Gasteiger partial charge in [0.25, 0.3) is 0 Å². The van der Waals surface area contributed by atoms with Gasteiger partial charge in [-0.2, -0.15) is 5.10 Å². The number of hydrogen-bond acceptors (Lipinski definition) is 4. The van der Waals surface area contributed by atoms with Crippen molar-refractivity contribution >= 4 is 44.4 Å². The fourth-order valence-corrected chi connectivity index (χ4v) is 4.86. The van der Waals surface area contributed by atoms with Crippen molar-refractivity contribution in [1.29, 1.82) is 0 Å². The van der Waals surface area contributed by atoms with E-state index in [9.17, 15) is 0 Å². The van der Waals surface area contributed by atoms with Gasteiger partial charge < -0.3 is 4.98 Å². The van der Waals surface area contributed by atoms with Crippen LogP contribution >= 0.6 is 11.6 Å². The Hall–Kier alpha value is -4.55. The first-order valence-corrected chi connectivity index (χ1v) is 12.0. The molecule has 0 atom stereocenters. The van der Waals surface area contributed by atoms with Crippen molar-refractivity contribution in [3.63, 3.8) is 0 Å². The Bertz CT molecular complexity index is 1800. The highest BCUT2D eigenvalue weighted by molar-refractivity contribution is 6.30.